The Bertz CT molecular complexity index is 1240. The van der Waals surface area contributed by atoms with E-state index in [0.29, 0.717) is 17.1 Å². The number of amides is 1. The van der Waals surface area contributed by atoms with E-state index in [4.69, 9.17) is 4.74 Å². The molecule has 1 aliphatic rings. The minimum Gasteiger partial charge on any atom is -0.497 e. The Labute approximate surface area is 206 Å². The Morgan fingerprint density at radius 2 is 1.63 bits per heavy atom. The van der Waals surface area contributed by atoms with Crippen LogP contribution in [0, 0.1) is 0 Å². The van der Waals surface area contributed by atoms with Crippen LogP contribution in [0.1, 0.15) is 0 Å². The van der Waals surface area contributed by atoms with Gasteiger partial charge in [0.2, 0.25) is 5.91 Å². The second-order valence-corrected chi connectivity index (χ2v) is 10.3. The number of hydrogen-bond donors (Lipinski definition) is 1. The van der Waals surface area contributed by atoms with E-state index in [1.54, 1.807) is 42.5 Å². The molecule has 1 saturated heterocycles. The van der Waals surface area contributed by atoms with Gasteiger partial charge in [-0.15, -0.1) is 0 Å². The minimum atomic E-state index is -3.99. The number of nitrogens with one attached hydrogen (secondary N) is 1. The van der Waals surface area contributed by atoms with Gasteiger partial charge in [-0.25, -0.2) is 8.42 Å². The Kier molecular flexibility index (Phi) is 7.57. The minimum absolute atomic E-state index is 0.104. The molecular formula is C26H30N4O4S. The summed E-state index contributed by atoms with van der Waals surface area (Å²) in [5.41, 5.74) is 2.05. The first-order chi connectivity index (χ1) is 16.9. The van der Waals surface area contributed by atoms with Crippen molar-refractivity contribution in [1.82, 2.24) is 4.90 Å². The smallest absolute Gasteiger partial charge is 0.264 e. The van der Waals surface area contributed by atoms with E-state index in [-0.39, 0.29) is 11.4 Å². The molecule has 8 nitrogen and oxygen atoms in total. The van der Waals surface area contributed by atoms with Crippen LogP contribution in [0.4, 0.5) is 17.1 Å². The number of piperazine rings is 1. The molecule has 3 aromatic carbocycles. The number of rotatable bonds is 8. The molecule has 3 aromatic rings. The van der Waals surface area contributed by atoms with Gasteiger partial charge in [0, 0.05) is 43.6 Å². The average Bonchev–Trinajstić information content (AvgIpc) is 2.89. The lowest BCUT2D eigenvalue weighted by Crippen LogP contribution is -2.44. The lowest BCUT2D eigenvalue weighted by atomic mass is 10.2. The summed E-state index contributed by atoms with van der Waals surface area (Å²) in [6.45, 7) is 3.54. The van der Waals surface area contributed by atoms with Crippen LogP contribution in [0.25, 0.3) is 0 Å². The number of nitrogens with zero attached hydrogens (tertiary/aromatic N) is 3. The zero-order valence-corrected chi connectivity index (χ0v) is 20.7. The summed E-state index contributed by atoms with van der Waals surface area (Å²) < 4.78 is 33.3. The van der Waals surface area contributed by atoms with Crippen LogP contribution in [-0.4, -0.2) is 66.1 Å². The van der Waals surface area contributed by atoms with Crippen molar-refractivity contribution in [3.63, 3.8) is 0 Å². The largest absolute Gasteiger partial charge is 0.497 e. The third-order valence-corrected chi connectivity index (χ3v) is 7.77. The number of carbonyl (C=O) groups is 1. The van der Waals surface area contributed by atoms with Crippen LogP contribution in [0.2, 0.25) is 0 Å². The fraction of sp³-hybridized carbons (Fsp3) is 0.269. The number of carbonyl (C=O) groups excluding carboxylic acids is 1. The quantitative estimate of drug-likeness (QED) is 0.518. The van der Waals surface area contributed by atoms with Gasteiger partial charge in [-0.1, -0.05) is 24.3 Å². The summed E-state index contributed by atoms with van der Waals surface area (Å²) in [6, 6.07) is 22.3. The van der Waals surface area contributed by atoms with E-state index < -0.39 is 15.9 Å². The monoisotopic (exact) mass is 494 g/mol. The molecule has 0 bridgehead atoms. The summed E-state index contributed by atoms with van der Waals surface area (Å²) >= 11 is 0. The first-order valence-corrected chi connectivity index (χ1v) is 12.9. The van der Waals surface area contributed by atoms with Crippen LogP contribution < -0.4 is 19.3 Å². The van der Waals surface area contributed by atoms with Crippen LogP contribution in [0.3, 0.4) is 0 Å². The molecule has 0 radical (unpaired) electrons. The van der Waals surface area contributed by atoms with Crippen molar-refractivity contribution < 1.29 is 17.9 Å². The summed E-state index contributed by atoms with van der Waals surface area (Å²) in [7, 11) is -0.364. The Hall–Kier alpha value is -3.56. The number of ether oxygens (including phenoxy) is 1. The first kappa shape index (κ1) is 24.6. The number of sulfonamides is 1. The van der Waals surface area contributed by atoms with Gasteiger partial charge in [0.15, 0.2) is 0 Å². The van der Waals surface area contributed by atoms with Crippen LogP contribution in [0.15, 0.2) is 83.8 Å². The summed E-state index contributed by atoms with van der Waals surface area (Å²) in [5, 5.41) is 2.83. The molecule has 1 amide bonds. The van der Waals surface area contributed by atoms with Gasteiger partial charge in [0.05, 0.1) is 17.7 Å². The molecule has 1 fully saturated rings. The lowest BCUT2D eigenvalue weighted by Gasteiger charge is -2.34. The zero-order valence-electron chi connectivity index (χ0n) is 19.9. The Morgan fingerprint density at radius 3 is 2.29 bits per heavy atom. The van der Waals surface area contributed by atoms with Gasteiger partial charge < -0.3 is 19.9 Å². The second kappa shape index (κ2) is 10.8. The second-order valence-electron chi connectivity index (χ2n) is 8.41. The van der Waals surface area contributed by atoms with E-state index in [2.05, 4.69) is 22.2 Å². The highest BCUT2D eigenvalue weighted by molar-refractivity contribution is 7.92. The van der Waals surface area contributed by atoms with Crippen molar-refractivity contribution in [2.75, 3.05) is 61.4 Å². The third kappa shape index (κ3) is 5.93. The van der Waals surface area contributed by atoms with Gasteiger partial charge in [0.1, 0.15) is 12.3 Å². The maximum Gasteiger partial charge on any atom is 0.264 e. The van der Waals surface area contributed by atoms with Crippen LogP contribution in [0.5, 0.6) is 5.75 Å². The molecule has 1 N–H and O–H groups in total. The lowest BCUT2D eigenvalue weighted by molar-refractivity contribution is -0.114. The molecular weight excluding hydrogens is 464 g/mol. The molecule has 0 atom stereocenters. The standard InChI is InChI=1S/C26H30N4O4S/c1-28-15-17-29(18-16-28)22-13-11-21(12-14-22)27-26(31)20-30(23-7-6-8-24(19-23)34-2)35(32,33)25-9-4-3-5-10-25/h3-14,19H,15-18,20H2,1-2H3,(H,27,31). The number of likely N-dealkylation sites (N-methyl/N-ethyl adjacent to an activating group) is 1. The van der Waals surface area contributed by atoms with Crippen molar-refractivity contribution >= 4 is 33.0 Å². The van der Waals surface area contributed by atoms with Gasteiger partial charge >= 0.3 is 0 Å². The van der Waals surface area contributed by atoms with Crippen molar-refractivity contribution in [3.05, 3.63) is 78.9 Å². The summed E-state index contributed by atoms with van der Waals surface area (Å²) in [5.74, 6) is 0.0512. The topological polar surface area (TPSA) is 82.2 Å². The SMILES string of the molecule is COc1cccc(N(CC(=O)Nc2ccc(N3CCN(C)CC3)cc2)S(=O)(=O)c2ccccc2)c1. The molecule has 35 heavy (non-hydrogen) atoms. The molecule has 9 heteroatoms. The molecule has 1 aliphatic heterocycles. The van der Waals surface area contributed by atoms with Gasteiger partial charge in [-0.05, 0) is 55.6 Å². The molecule has 0 spiro atoms. The number of hydrogen-bond acceptors (Lipinski definition) is 6. The summed E-state index contributed by atoms with van der Waals surface area (Å²) in [4.78, 5) is 17.7. The highest BCUT2D eigenvalue weighted by Crippen LogP contribution is 2.27. The molecule has 1 heterocycles. The summed E-state index contributed by atoms with van der Waals surface area (Å²) in [6.07, 6.45) is 0. The van der Waals surface area contributed by atoms with E-state index in [1.165, 1.54) is 19.2 Å². The van der Waals surface area contributed by atoms with Gasteiger partial charge in [-0.2, -0.15) is 0 Å². The fourth-order valence-electron chi connectivity index (χ4n) is 3.95. The van der Waals surface area contributed by atoms with E-state index >= 15 is 0 Å². The van der Waals surface area contributed by atoms with E-state index in [1.807, 2.05) is 24.3 Å². The average molecular weight is 495 g/mol. The molecule has 0 saturated carbocycles. The predicted octanol–water partition coefficient (Wildman–Crippen LogP) is 3.28. The molecule has 0 aromatic heterocycles. The predicted molar refractivity (Wildman–Crippen MR) is 139 cm³/mol. The van der Waals surface area contributed by atoms with Crippen LogP contribution in [-0.2, 0) is 14.8 Å². The fourth-order valence-corrected chi connectivity index (χ4v) is 5.39. The third-order valence-electron chi connectivity index (χ3n) is 5.98. The number of anilines is 3. The Morgan fingerprint density at radius 1 is 0.943 bits per heavy atom. The van der Waals surface area contributed by atoms with Crippen molar-refractivity contribution in [1.29, 1.82) is 0 Å². The maximum atomic E-state index is 13.5. The molecule has 0 aliphatic carbocycles. The zero-order chi connectivity index (χ0) is 24.8. The number of methoxy groups -OCH3 is 1. The maximum absolute atomic E-state index is 13.5. The van der Waals surface area contributed by atoms with Crippen LogP contribution >= 0.6 is 0 Å². The normalized spacial score (nSPS) is 14.4. The van der Waals surface area contributed by atoms with Crippen molar-refractivity contribution in [3.8, 4) is 5.75 Å². The van der Waals surface area contributed by atoms with E-state index in [9.17, 15) is 13.2 Å². The highest BCUT2D eigenvalue weighted by Gasteiger charge is 2.27. The van der Waals surface area contributed by atoms with Gasteiger partial charge in [-0.3, -0.25) is 9.10 Å². The van der Waals surface area contributed by atoms with Crippen molar-refractivity contribution in [2.24, 2.45) is 0 Å². The number of benzene rings is 3. The molecule has 184 valence electrons. The highest BCUT2D eigenvalue weighted by atomic mass is 32.2. The van der Waals surface area contributed by atoms with Gasteiger partial charge in [0.25, 0.3) is 10.0 Å². The first-order valence-electron chi connectivity index (χ1n) is 11.4. The van der Waals surface area contributed by atoms with E-state index in [0.717, 1.165) is 36.2 Å². The molecule has 0 unspecified atom stereocenters. The Balaban J connectivity index is 1.52. The van der Waals surface area contributed by atoms with Crippen molar-refractivity contribution in [2.45, 2.75) is 4.90 Å². The molecule has 4 rings (SSSR count).